The van der Waals surface area contributed by atoms with Gasteiger partial charge in [-0.1, -0.05) is 46.6 Å². The van der Waals surface area contributed by atoms with Gasteiger partial charge in [0.15, 0.2) is 0 Å². The van der Waals surface area contributed by atoms with Gasteiger partial charge < -0.3 is 0 Å². The number of alkyl halides is 1. The molecule has 0 fully saturated rings. The number of benzene rings is 1. The molecule has 0 radical (unpaired) electrons. The predicted molar refractivity (Wildman–Crippen MR) is 62.7 cm³/mol. The second-order valence-corrected chi connectivity index (χ2v) is 4.27. The molecule has 0 aliphatic rings. The highest BCUT2D eigenvalue weighted by molar-refractivity contribution is 9.09. The lowest BCUT2D eigenvalue weighted by Crippen LogP contribution is -2.01. The summed E-state index contributed by atoms with van der Waals surface area (Å²) in [5.41, 5.74) is 4.27. The first-order valence-corrected chi connectivity index (χ1v) is 5.94. The fourth-order valence-electron chi connectivity index (χ4n) is 1.70. The number of rotatable bonds is 3. The zero-order valence-electron chi connectivity index (χ0n) is 8.60. The van der Waals surface area contributed by atoms with Gasteiger partial charge in [0.05, 0.1) is 0 Å². The van der Waals surface area contributed by atoms with E-state index in [1.807, 2.05) is 0 Å². The third-order valence-corrected chi connectivity index (χ3v) is 3.33. The van der Waals surface area contributed by atoms with Crippen LogP contribution in [0.5, 0.6) is 0 Å². The standard InChI is InChI=1S/C12H17Br/c1-4-11(8-13)12-6-5-9(2)7-10(12)3/h5-7,11H,4,8H2,1-3H3. The van der Waals surface area contributed by atoms with Crippen LogP contribution in [0.25, 0.3) is 0 Å². The molecule has 0 N–H and O–H groups in total. The summed E-state index contributed by atoms with van der Waals surface area (Å²) in [5.74, 6) is 0.667. The summed E-state index contributed by atoms with van der Waals surface area (Å²) < 4.78 is 0. The van der Waals surface area contributed by atoms with Crippen molar-refractivity contribution in [1.82, 2.24) is 0 Å². The van der Waals surface area contributed by atoms with Crippen molar-refractivity contribution in [2.45, 2.75) is 33.1 Å². The summed E-state index contributed by atoms with van der Waals surface area (Å²) in [4.78, 5) is 0. The lowest BCUT2D eigenvalue weighted by atomic mass is 9.93. The van der Waals surface area contributed by atoms with Gasteiger partial charge in [0.1, 0.15) is 0 Å². The summed E-state index contributed by atoms with van der Waals surface area (Å²) >= 11 is 3.57. The maximum absolute atomic E-state index is 3.57. The Morgan fingerprint density at radius 1 is 1.31 bits per heavy atom. The van der Waals surface area contributed by atoms with Crippen molar-refractivity contribution in [2.75, 3.05) is 5.33 Å². The van der Waals surface area contributed by atoms with E-state index in [-0.39, 0.29) is 0 Å². The molecular weight excluding hydrogens is 224 g/mol. The van der Waals surface area contributed by atoms with E-state index >= 15 is 0 Å². The summed E-state index contributed by atoms with van der Waals surface area (Å²) in [5, 5.41) is 1.06. The average Bonchev–Trinajstić information content (AvgIpc) is 2.10. The second-order valence-electron chi connectivity index (χ2n) is 3.62. The largest absolute Gasteiger partial charge is 0.0921 e. The van der Waals surface area contributed by atoms with Crippen molar-refractivity contribution in [3.05, 3.63) is 34.9 Å². The molecule has 1 heteroatoms. The third kappa shape index (κ3) is 2.57. The van der Waals surface area contributed by atoms with E-state index in [0.717, 1.165) is 5.33 Å². The quantitative estimate of drug-likeness (QED) is 0.696. The molecule has 0 nitrogen and oxygen atoms in total. The lowest BCUT2D eigenvalue weighted by molar-refractivity contribution is 0.743. The fourth-order valence-corrected chi connectivity index (χ4v) is 2.50. The Morgan fingerprint density at radius 3 is 2.46 bits per heavy atom. The first-order valence-electron chi connectivity index (χ1n) is 4.82. The van der Waals surface area contributed by atoms with E-state index in [1.54, 1.807) is 0 Å². The van der Waals surface area contributed by atoms with Gasteiger partial charge in [0, 0.05) is 5.33 Å². The van der Waals surface area contributed by atoms with Gasteiger partial charge in [-0.25, -0.2) is 0 Å². The van der Waals surface area contributed by atoms with Crippen LogP contribution >= 0.6 is 15.9 Å². The maximum Gasteiger partial charge on any atom is 0.0100 e. The van der Waals surface area contributed by atoms with E-state index < -0.39 is 0 Å². The molecule has 0 heterocycles. The molecule has 0 saturated heterocycles. The van der Waals surface area contributed by atoms with Crippen LogP contribution in [-0.2, 0) is 0 Å². The van der Waals surface area contributed by atoms with Crippen LogP contribution in [0.15, 0.2) is 18.2 Å². The van der Waals surface area contributed by atoms with Gasteiger partial charge in [0.25, 0.3) is 0 Å². The molecule has 1 atom stereocenters. The minimum absolute atomic E-state index is 0.667. The van der Waals surface area contributed by atoms with Crippen molar-refractivity contribution >= 4 is 15.9 Å². The van der Waals surface area contributed by atoms with Gasteiger partial charge >= 0.3 is 0 Å². The first-order chi connectivity index (χ1) is 6.19. The van der Waals surface area contributed by atoms with Gasteiger partial charge in [-0.3, -0.25) is 0 Å². The molecule has 13 heavy (non-hydrogen) atoms. The summed E-state index contributed by atoms with van der Waals surface area (Å²) in [7, 11) is 0. The Hall–Kier alpha value is -0.300. The highest BCUT2D eigenvalue weighted by atomic mass is 79.9. The fraction of sp³-hybridized carbons (Fsp3) is 0.500. The number of hydrogen-bond donors (Lipinski definition) is 0. The van der Waals surface area contributed by atoms with Crippen molar-refractivity contribution in [3.8, 4) is 0 Å². The molecule has 0 saturated carbocycles. The highest BCUT2D eigenvalue weighted by Gasteiger charge is 2.09. The molecule has 0 spiro atoms. The Morgan fingerprint density at radius 2 is 2.00 bits per heavy atom. The van der Waals surface area contributed by atoms with Gasteiger partial charge in [-0.05, 0) is 37.3 Å². The van der Waals surface area contributed by atoms with E-state index in [4.69, 9.17) is 0 Å². The highest BCUT2D eigenvalue weighted by Crippen LogP contribution is 2.25. The van der Waals surface area contributed by atoms with Crippen LogP contribution in [0.2, 0.25) is 0 Å². The van der Waals surface area contributed by atoms with Crippen LogP contribution in [0.4, 0.5) is 0 Å². The minimum atomic E-state index is 0.667. The molecule has 0 amide bonds. The van der Waals surface area contributed by atoms with E-state index in [0.29, 0.717) is 5.92 Å². The SMILES string of the molecule is CCC(CBr)c1ccc(C)cc1C. The molecule has 1 aromatic carbocycles. The van der Waals surface area contributed by atoms with Crippen LogP contribution in [-0.4, -0.2) is 5.33 Å². The molecular formula is C12H17Br. The number of hydrogen-bond acceptors (Lipinski definition) is 0. The minimum Gasteiger partial charge on any atom is -0.0921 e. The van der Waals surface area contributed by atoms with Crippen LogP contribution < -0.4 is 0 Å². The smallest absolute Gasteiger partial charge is 0.0100 e. The molecule has 1 unspecified atom stereocenters. The van der Waals surface area contributed by atoms with Crippen LogP contribution in [0, 0.1) is 13.8 Å². The lowest BCUT2D eigenvalue weighted by Gasteiger charge is -2.15. The first kappa shape index (κ1) is 10.8. The number of aryl methyl sites for hydroxylation is 2. The van der Waals surface area contributed by atoms with Gasteiger partial charge in [-0.2, -0.15) is 0 Å². The zero-order valence-corrected chi connectivity index (χ0v) is 10.2. The molecule has 1 aromatic rings. The normalized spacial score (nSPS) is 12.9. The maximum atomic E-state index is 3.57. The van der Waals surface area contributed by atoms with E-state index in [9.17, 15) is 0 Å². The molecule has 0 bridgehead atoms. The van der Waals surface area contributed by atoms with E-state index in [2.05, 4.69) is 54.9 Å². The van der Waals surface area contributed by atoms with E-state index in [1.165, 1.54) is 23.1 Å². The van der Waals surface area contributed by atoms with Crippen LogP contribution in [0.1, 0.15) is 36.0 Å². The van der Waals surface area contributed by atoms with Gasteiger partial charge in [0.2, 0.25) is 0 Å². The Bertz CT molecular complexity index is 274. The van der Waals surface area contributed by atoms with Crippen molar-refractivity contribution in [3.63, 3.8) is 0 Å². The predicted octanol–water partition coefficient (Wildman–Crippen LogP) is 4.19. The molecule has 0 aliphatic carbocycles. The molecule has 72 valence electrons. The van der Waals surface area contributed by atoms with Gasteiger partial charge in [-0.15, -0.1) is 0 Å². The Balaban J connectivity index is 2.99. The Labute approximate surface area is 89.5 Å². The van der Waals surface area contributed by atoms with Crippen molar-refractivity contribution in [1.29, 1.82) is 0 Å². The molecule has 0 aliphatic heterocycles. The molecule has 1 rings (SSSR count). The zero-order chi connectivity index (χ0) is 9.84. The summed E-state index contributed by atoms with van der Waals surface area (Å²) in [6.45, 7) is 6.59. The van der Waals surface area contributed by atoms with Crippen LogP contribution in [0.3, 0.4) is 0 Å². The second kappa shape index (κ2) is 4.80. The topological polar surface area (TPSA) is 0 Å². The Kier molecular flexibility index (Phi) is 3.98. The summed E-state index contributed by atoms with van der Waals surface area (Å²) in [6.07, 6.45) is 1.20. The van der Waals surface area contributed by atoms with Crippen molar-refractivity contribution < 1.29 is 0 Å². The summed E-state index contributed by atoms with van der Waals surface area (Å²) in [6, 6.07) is 6.73. The van der Waals surface area contributed by atoms with Crippen molar-refractivity contribution in [2.24, 2.45) is 0 Å². The average molecular weight is 241 g/mol. The number of halogens is 1. The third-order valence-electron chi connectivity index (χ3n) is 2.54. The monoisotopic (exact) mass is 240 g/mol. The molecule has 0 aromatic heterocycles.